The third-order valence-electron chi connectivity index (χ3n) is 4.72. The minimum atomic E-state index is -0.869. The molecule has 24 heavy (non-hydrogen) atoms. The van der Waals surface area contributed by atoms with Crippen molar-refractivity contribution in [2.75, 3.05) is 7.11 Å². The number of hydrogen-bond acceptors (Lipinski definition) is 4. The molecular weight excluding hydrogens is 313 g/mol. The van der Waals surface area contributed by atoms with E-state index in [-0.39, 0.29) is 29.8 Å². The van der Waals surface area contributed by atoms with Crippen molar-refractivity contribution < 1.29 is 23.5 Å². The van der Waals surface area contributed by atoms with Crippen LogP contribution in [-0.2, 0) is 19.1 Å². The van der Waals surface area contributed by atoms with Gasteiger partial charge in [0.15, 0.2) is 5.78 Å². The molecule has 0 radical (unpaired) electrons. The summed E-state index contributed by atoms with van der Waals surface area (Å²) in [5, 5.41) is 2.76. The average Bonchev–Trinajstić information content (AvgIpc) is 2.54. The van der Waals surface area contributed by atoms with Crippen molar-refractivity contribution in [3.8, 4) is 0 Å². The highest BCUT2D eigenvalue weighted by Crippen LogP contribution is 2.42. The van der Waals surface area contributed by atoms with Crippen LogP contribution in [0.1, 0.15) is 31.2 Å². The zero-order valence-corrected chi connectivity index (χ0v) is 13.5. The summed E-state index contributed by atoms with van der Waals surface area (Å²) in [6.45, 7) is 1.79. The molecule has 0 saturated heterocycles. The maximum absolute atomic E-state index is 13.2. The molecule has 2 aliphatic rings. The Hall–Kier alpha value is -2.50. The monoisotopic (exact) mass is 331 g/mol. The first-order valence-electron chi connectivity index (χ1n) is 7.82. The summed E-state index contributed by atoms with van der Waals surface area (Å²) in [7, 11) is 1.26. The second-order valence-corrected chi connectivity index (χ2v) is 6.30. The fourth-order valence-electron chi connectivity index (χ4n) is 3.58. The van der Waals surface area contributed by atoms with Gasteiger partial charge in [-0.3, -0.25) is 14.4 Å². The molecule has 3 atom stereocenters. The summed E-state index contributed by atoms with van der Waals surface area (Å²) in [6, 6.07) is 5.74. The number of esters is 1. The zero-order chi connectivity index (χ0) is 17.4. The average molecular weight is 331 g/mol. The number of ether oxygens (including phenoxy) is 1. The van der Waals surface area contributed by atoms with E-state index in [0.717, 1.165) is 0 Å². The topological polar surface area (TPSA) is 72.5 Å². The number of halogens is 1. The van der Waals surface area contributed by atoms with Gasteiger partial charge in [0.25, 0.3) is 0 Å². The van der Waals surface area contributed by atoms with Crippen LogP contribution in [0.2, 0.25) is 0 Å². The molecule has 0 spiro atoms. The van der Waals surface area contributed by atoms with Crippen molar-refractivity contribution in [3.63, 3.8) is 0 Å². The predicted molar refractivity (Wildman–Crippen MR) is 83.2 cm³/mol. The summed E-state index contributed by atoms with van der Waals surface area (Å²) >= 11 is 0. The van der Waals surface area contributed by atoms with E-state index in [9.17, 15) is 18.8 Å². The van der Waals surface area contributed by atoms with Gasteiger partial charge in [0.2, 0.25) is 5.91 Å². The minimum absolute atomic E-state index is 0.0957. The molecule has 1 aromatic carbocycles. The van der Waals surface area contributed by atoms with Crippen LogP contribution >= 0.6 is 0 Å². The van der Waals surface area contributed by atoms with E-state index in [2.05, 4.69) is 5.32 Å². The van der Waals surface area contributed by atoms with Crippen LogP contribution in [0, 0.1) is 17.7 Å². The minimum Gasteiger partial charge on any atom is -0.468 e. The standard InChI is InChI=1S/C18H18FNO4/c1-9-7-13-16(17(22)15(9)18(23)24-2)12(8-14(21)20-13)10-3-5-11(19)6-4-10/h3-6,9,12,15H,7-8H2,1-2H3,(H,20,21)/t9-,12-,15+/m0/s1. The smallest absolute Gasteiger partial charge is 0.316 e. The van der Waals surface area contributed by atoms with Gasteiger partial charge < -0.3 is 10.1 Å². The fraction of sp³-hybridized carbons (Fsp3) is 0.389. The number of carbonyl (C=O) groups is 3. The van der Waals surface area contributed by atoms with Crippen LogP contribution in [-0.4, -0.2) is 24.8 Å². The molecule has 0 saturated carbocycles. The Bertz CT molecular complexity index is 738. The second kappa shape index (κ2) is 6.19. The van der Waals surface area contributed by atoms with Gasteiger partial charge in [-0.25, -0.2) is 4.39 Å². The van der Waals surface area contributed by atoms with Crippen molar-refractivity contribution in [3.05, 3.63) is 46.9 Å². The van der Waals surface area contributed by atoms with E-state index in [1.165, 1.54) is 19.2 Å². The van der Waals surface area contributed by atoms with E-state index < -0.39 is 17.8 Å². The molecule has 0 unspecified atom stereocenters. The van der Waals surface area contributed by atoms with E-state index in [0.29, 0.717) is 23.3 Å². The summed E-state index contributed by atoms with van der Waals surface area (Å²) in [5.74, 6) is -3.04. The number of nitrogens with one attached hydrogen (secondary N) is 1. The molecule has 1 N–H and O–H groups in total. The van der Waals surface area contributed by atoms with Gasteiger partial charge in [-0.05, 0) is 30.0 Å². The highest BCUT2D eigenvalue weighted by atomic mass is 19.1. The highest BCUT2D eigenvalue weighted by molar-refractivity contribution is 6.11. The first kappa shape index (κ1) is 16.4. The summed E-state index contributed by atoms with van der Waals surface area (Å²) < 4.78 is 18.0. The normalized spacial score (nSPS) is 26.7. The van der Waals surface area contributed by atoms with Gasteiger partial charge in [-0.1, -0.05) is 19.1 Å². The third-order valence-corrected chi connectivity index (χ3v) is 4.72. The number of methoxy groups -OCH3 is 1. The third kappa shape index (κ3) is 2.72. The van der Waals surface area contributed by atoms with Crippen LogP contribution in [0.15, 0.2) is 35.5 Å². The summed E-state index contributed by atoms with van der Waals surface area (Å²) in [6.07, 6.45) is 0.517. The van der Waals surface area contributed by atoms with Crippen LogP contribution in [0.5, 0.6) is 0 Å². The van der Waals surface area contributed by atoms with Crippen molar-refractivity contribution in [2.24, 2.45) is 11.8 Å². The lowest BCUT2D eigenvalue weighted by Gasteiger charge is -2.36. The van der Waals surface area contributed by atoms with Crippen molar-refractivity contribution in [1.29, 1.82) is 0 Å². The van der Waals surface area contributed by atoms with Crippen molar-refractivity contribution in [2.45, 2.75) is 25.7 Å². The molecule has 126 valence electrons. The number of benzene rings is 1. The predicted octanol–water partition coefficient (Wildman–Crippen LogP) is 2.08. The zero-order valence-electron chi connectivity index (χ0n) is 13.5. The van der Waals surface area contributed by atoms with E-state index in [4.69, 9.17) is 4.74 Å². The number of carbonyl (C=O) groups excluding carboxylic acids is 3. The largest absolute Gasteiger partial charge is 0.468 e. The van der Waals surface area contributed by atoms with Crippen molar-refractivity contribution >= 4 is 17.7 Å². The summed E-state index contributed by atoms with van der Waals surface area (Å²) in [4.78, 5) is 37.0. The van der Waals surface area contributed by atoms with Gasteiger partial charge in [0.1, 0.15) is 11.7 Å². The molecule has 3 rings (SSSR count). The molecule has 0 fully saturated rings. The van der Waals surface area contributed by atoms with E-state index in [1.807, 2.05) is 0 Å². The number of hydrogen-bond donors (Lipinski definition) is 1. The molecule has 1 heterocycles. The van der Waals surface area contributed by atoms with Gasteiger partial charge >= 0.3 is 5.97 Å². The number of ketones is 1. The lowest BCUT2D eigenvalue weighted by atomic mass is 9.70. The van der Waals surface area contributed by atoms with Gasteiger partial charge in [-0.15, -0.1) is 0 Å². The van der Waals surface area contributed by atoms with Gasteiger partial charge in [-0.2, -0.15) is 0 Å². The lowest BCUT2D eigenvalue weighted by molar-refractivity contribution is -0.151. The highest BCUT2D eigenvalue weighted by Gasteiger charge is 2.45. The van der Waals surface area contributed by atoms with Crippen LogP contribution in [0.4, 0.5) is 4.39 Å². The molecule has 6 heteroatoms. The molecule has 0 aromatic heterocycles. The summed E-state index contributed by atoms with van der Waals surface area (Å²) in [5.41, 5.74) is 1.69. The Kier molecular flexibility index (Phi) is 4.22. The van der Waals surface area contributed by atoms with Crippen molar-refractivity contribution in [1.82, 2.24) is 5.32 Å². The Labute approximate surface area is 138 Å². The van der Waals surface area contributed by atoms with E-state index >= 15 is 0 Å². The first-order valence-corrected chi connectivity index (χ1v) is 7.82. The number of rotatable bonds is 2. The molecule has 5 nitrogen and oxygen atoms in total. The van der Waals surface area contributed by atoms with Crippen LogP contribution in [0.25, 0.3) is 0 Å². The molecule has 1 aliphatic heterocycles. The first-order chi connectivity index (χ1) is 11.4. The Morgan fingerprint density at radius 2 is 1.88 bits per heavy atom. The van der Waals surface area contributed by atoms with Gasteiger partial charge in [0, 0.05) is 23.6 Å². The number of amides is 1. The molecule has 1 aromatic rings. The Morgan fingerprint density at radius 3 is 2.50 bits per heavy atom. The second-order valence-electron chi connectivity index (χ2n) is 6.30. The number of Topliss-reactive ketones (excluding diaryl/α,β-unsaturated/α-hetero) is 1. The fourth-order valence-corrected chi connectivity index (χ4v) is 3.58. The number of allylic oxidation sites excluding steroid dienone is 2. The SMILES string of the molecule is COC(=O)[C@H]1C(=O)C2=C(C[C@@H]1C)NC(=O)C[C@H]2c1ccc(F)cc1. The lowest BCUT2D eigenvalue weighted by Crippen LogP contribution is -2.44. The maximum Gasteiger partial charge on any atom is 0.316 e. The van der Waals surface area contributed by atoms with Crippen LogP contribution < -0.4 is 5.32 Å². The van der Waals surface area contributed by atoms with E-state index in [1.54, 1.807) is 19.1 Å². The molecule has 0 bridgehead atoms. The molecular formula is C18H18FNO4. The quantitative estimate of drug-likeness (QED) is 0.665. The van der Waals surface area contributed by atoms with Crippen LogP contribution in [0.3, 0.4) is 0 Å². The van der Waals surface area contributed by atoms with Gasteiger partial charge in [0.05, 0.1) is 7.11 Å². The molecule has 1 amide bonds. The Balaban J connectivity index is 2.06. The molecule has 1 aliphatic carbocycles. The maximum atomic E-state index is 13.2. The Morgan fingerprint density at radius 1 is 1.21 bits per heavy atom.